The zero-order valence-corrected chi connectivity index (χ0v) is 20.7. The molecule has 0 radical (unpaired) electrons. The van der Waals surface area contributed by atoms with Gasteiger partial charge >= 0.3 is 0 Å². The Morgan fingerprint density at radius 2 is 1.68 bits per heavy atom. The van der Waals surface area contributed by atoms with E-state index in [9.17, 15) is 13.2 Å². The van der Waals surface area contributed by atoms with Crippen LogP contribution in [0.3, 0.4) is 0 Å². The normalized spacial score (nSPS) is 12.0. The third-order valence-electron chi connectivity index (χ3n) is 4.98. The highest BCUT2D eigenvalue weighted by Gasteiger charge is 2.17. The molecule has 1 atom stereocenters. The van der Waals surface area contributed by atoms with Crippen molar-refractivity contribution < 1.29 is 22.7 Å². The predicted molar refractivity (Wildman–Crippen MR) is 133 cm³/mol. The minimum atomic E-state index is -3.79. The van der Waals surface area contributed by atoms with E-state index in [1.807, 2.05) is 26.0 Å². The smallest absolute Gasteiger partial charge is 0.261 e. The van der Waals surface area contributed by atoms with Crippen LogP contribution >= 0.6 is 11.6 Å². The monoisotopic (exact) mass is 502 g/mol. The van der Waals surface area contributed by atoms with Gasteiger partial charge in [-0.25, -0.2) is 8.42 Å². The van der Waals surface area contributed by atoms with Crippen LogP contribution in [0.4, 0.5) is 5.69 Å². The van der Waals surface area contributed by atoms with Crippen LogP contribution in [-0.4, -0.2) is 27.5 Å². The van der Waals surface area contributed by atoms with Gasteiger partial charge in [-0.3, -0.25) is 9.52 Å². The van der Waals surface area contributed by atoms with Crippen molar-refractivity contribution in [3.05, 3.63) is 82.9 Å². The molecule has 0 fully saturated rings. The third-order valence-corrected chi connectivity index (χ3v) is 6.61. The van der Waals surface area contributed by atoms with Gasteiger partial charge < -0.3 is 14.8 Å². The molecular formula is C25H27ClN2O5S. The second-order valence-electron chi connectivity index (χ2n) is 7.62. The minimum absolute atomic E-state index is 0.0899. The molecule has 0 heterocycles. The number of ether oxygens (including phenoxy) is 2. The first-order valence-electron chi connectivity index (χ1n) is 10.7. The van der Waals surface area contributed by atoms with Crippen LogP contribution in [0.15, 0.2) is 71.6 Å². The van der Waals surface area contributed by atoms with Crippen molar-refractivity contribution in [1.29, 1.82) is 0 Å². The molecular weight excluding hydrogens is 476 g/mol. The second kappa shape index (κ2) is 11.3. The van der Waals surface area contributed by atoms with Crippen LogP contribution in [0.2, 0.25) is 5.02 Å². The van der Waals surface area contributed by atoms with Gasteiger partial charge in [0.2, 0.25) is 0 Å². The van der Waals surface area contributed by atoms with Gasteiger partial charge in [-0.05, 0) is 86.5 Å². The van der Waals surface area contributed by atoms with Crippen molar-refractivity contribution in [3.8, 4) is 11.5 Å². The summed E-state index contributed by atoms with van der Waals surface area (Å²) in [6, 6.07) is 18.1. The summed E-state index contributed by atoms with van der Waals surface area (Å²) in [5, 5.41) is 3.48. The van der Waals surface area contributed by atoms with Crippen molar-refractivity contribution in [2.75, 3.05) is 17.9 Å². The van der Waals surface area contributed by atoms with Crippen molar-refractivity contribution in [1.82, 2.24) is 5.32 Å². The Balaban J connectivity index is 1.59. The number of benzene rings is 3. The standard InChI is InChI=1S/C25H27ClN2O5S/c1-4-32-22-11-9-21(10-12-22)28-34(30,31)23-13-14-24(17(2)15-23)33-16-25(29)27-18(3)19-5-7-20(26)8-6-19/h5-15,18,28H,4,16H2,1-3H3,(H,27,29). The van der Waals surface area contributed by atoms with E-state index in [4.69, 9.17) is 21.1 Å². The summed E-state index contributed by atoms with van der Waals surface area (Å²) in [6.07, 6.45) is 0. The summed E-state index contributed by atoms with van der Waals surface area (Å²) in [4.78, 5) is 12.4. The Morgan fingerprint density at radius 1 is 1.00 bits per heavy atom. The molecule has 2 N–H and O–H groups in total. The Kier molecular flexibility index (Phi) is 8.41. The quantitative estimate of drug-likeness (QED) is 0.402. The summed E-state index contributed by atoms with van der Waals surface area (Å²) in [5.74, 6) is 0.791. The summed E-state index contributed by atoms with van der Waals surface area (Å²) in [6.45, 7) is 5.79. The number of hydrogen-bond donors (Lipinski definition) is 2. The molecule has 34 heavy (non-hydrogen) atoms. The minimum Gasteiger partial charge on any atom is -0.494 e. The predicted octanol–water partition coefficient (Wildman–Crippen LogP) is 5.10. The molecule has 180 valence electrons. The van der Waals surface area contributed by atoms with E-state index < -0.39 is 10.0 Å². The summed E-state index contributed by atoms with van der Waals surface area (Å²) < 4.78 is 39.1. The van der Waals surface area contributed by atoms with Gasteiger partial charge in [-0.15, -0.1) is 0 Å². The average molecular weight is 503 g/mol. The van der Waals surface area contributed by atoms with Gasteiger partial charge in [-0.1, -0.05) is 23.7 Å². The maximum absolute atomic E-state index is 12.8. The van der Waals surface area contributed by atoms with Gasteiger partial charge in [0.1, 0.15) is 11.5 Å². The molecule has 0 spiro atoms. The maximum atomic E-state index is 12.8. The molecule has 0 aliphatic heterocycles. The first kappa shape index (κ1) is 25.4. The average Bonchev–Trinajstić information content (AvgIpc) is 2.80. The lowest BCUT2D eigenvalue weighted by Crippen LogP contribution is -2.31. The largest absolute Gasteiger partial charge is 0.494 e. The second-order valence-corrected chi connectivity index (χ2v) is 9.74. The zero-order valence-electron chi connectivity index (χ0n) is 19.2. The number of rotatable bonds is 10. The molecule has 0 aliphatic carbocycles. The molecule has 3 rings (SSSR count). The Bertz CT molecular complexity index is 1230. The number of nitrogens with one attached hydrogen (secondary N) is 2. The van der Waals surface area contributed by atoms with Gasteiger partial charge in [0.15, 0.2) is 6.61 Å². The molecule has 0 saturated heterocycles. The number of carbonyl (C=O) groups is 1. The molecule has 7 nitrogen and oxygen atoms in total. The molecule has 0 aliphatic rings. The Morgan fingerprint density at radius 3 is 2.29 bits per heavy atom. The van der Waals surface area contributed by atoms with Crippen LogP contribution in [0.5, 0.6) is 11.5 Å². The number of aryl methyl sites for hydroxylation is 1. The molecule has 1 unspecified atom stereocenters. The van der Waals surface area contributed by atoms with Crippen LogP contribution in [0, 0.1) is 6.92 Å². The summed E-state index contributed by atoms with van der Waals surface area (Å²) in [7, 11) is -3.79. The van der Waals surface area contributed by atoms with E-state index in [0.29, 0.717) is 34.4 Å². The molecule has 3 aromatic rings. The van der Waals surface area contributed by atoms with Crippen molar-refractivity contribution in [2.24, 2.45) is 0 Å². The number of carbonyl (C=O) groups excluding carboxylic acids is 1. The van der Waals surface area contributed by atoms with Crippen LogP contribution < -0.4 is 19.5 Å². The number of amides is 1. The number of hydrogen-bond acceptors (Lipinski definition) is 5. The van der Waals surface area contributed by atoms with Gasteiger partial charge in [0.25, 0.3) is 15.9 Å². The van der Waals surface area contributed by atoms with Crippen LogP contribution in [0.1, 0.15) is 31.0 Å². The van der Waals surface area contributed by atoms with E-state index >= 15 is 0 Å². The molecule has 3 aromatic carbocycles. The molecule has 0 aromatic heterocycles. The van der Waals surface area contributed by atoms with Crippen LogP contribution in [0.25, 0.3) is 0 Å². The van der Waals surface area contributed by atoms with Crippen molar-refractivity contribution >= 4 is 33.2 Å². The lowest BCUT2D eigenvalue weighted by atomic mass is 10.1. The fourth-order valence-electron chi connectivity index (χ4n) is 3.21. The van der Waals surface area contributed by atoms with Gasteiger partial charge in [0, 0.05) is 10.7 Å². The topological polar surface area (TPSA) is 93.7 Å². The van der Waals surface area contributed by atoms with Crippen LogP contribution in [-0.2, 0) is 14.8 Å². The lowest BCUT2D eigenvalue weighted by molar-refractivity contribution is -0.123. The summed E-state index contributed by atoms with van der Waals surface area (Å²) in [5.41, 5.74) is 1.93. The fraction of sp³-hybridized carbons (Fsp3) is 0.240. The molecule has 0 bridgehead atoms. The van der Waals surface area contributed by atoms with Crippen molar-refractivity contribution in [3.63, 3.8) is 0 Å². The summed E-state index contributed by atoms with van der Waals surface area (Å²) >= 11 is 5.90. The van der Waals surface area contributed by atoms with E-state index in [1.165, 1.54) is 18.2 Å². The van der Waals surface area contributed by atoms with Crippen molar-refractivity contribution in [2.45, 2.75) is 31.7 Å². The number of anilines is 1. The van der Waals surface area contributed by atoms with E-state index in [1.54, 1.807) is 43.3 Å². The lowest BCUT2D eigenvalue weighted by Gasteiger charge is -2.16. The highest BCUT2D eigenvalue weighted by atomic mass is 35.5. The zero-order chi connectivity index (χ0) is 24.7. The number of halogens is 1. The fourth-order valence-corrected chi connectivity index (χ4v) is 4.48. The first-order chi connectivity index (χ1) is 16.2. The Labute approximate surface area is 205 Å². The highest BCUT2D eigenvalue weighted by Crippen LogP contribution is 2.24. The van der Waals surface area contributed by atoms with E-state index in [2.05, 4.69) is 10.0 Å². The molecule has 0 saturated carbocycles. The molecule has 1 amide bonds. The van der Waals surface area contributed by atoms with E-state index in [-0.39, 0.29) is 23.5 Å². The first-order valence-corrected chi connectivity index (χ1v) is 12.6. The van der Waals surface area contributed by atoms with Gasteiger partial charge in [0.05, 0.1) is 17.5 Å². The highest BCUT2D eigenvalue weighted by molar-refractivity contribution is 7.92. The maximum Gasteiger partial charge on any atom is 0.261 e. The van der Waals surface area contributed by atoms with Gasteiger partial charge in [-0.2, -0.15) is 0 Å². The molecule has 9 heteroatoms. The third kappa shape index (κ3) is 6.88. The SMILES string of the molecule is CCOc1ccc(NS(=O)(=O)c2ccc(OCC(=O)NC(C)c3ccc(Cl)cc3)c(C)c2)cc1. The number of sulfonamides is 1. The van der Waals surface area contributed by atoms with E-state index in [0.717, 1.165) is 5.56 Å². The Hall–Kier alpha value is -3.23.